The van der Waals surface area contributed by atoms with Gasteiger partial charge in [-0.05, 0) is 38.0 Å². The topological polar surface area (TPSA) is 69.7 Å². The Labute approximate surface area is 143 Å². The van der Waals surface area contributed by atoms with Gasteiger partial charge in [0.15, 0.2) is 16.6 Å². The highest BCUT2D eigenvalue weighted by Crippen LogP contribution is 2.41. The summed E-state index contributed by atoms with van der Waals surface area (Å²) in [6.07, 6.45) is 5.13. The van der Waals surface area contributed by atoms with Crippen LogP contribution in [0.2, 0.25) is 0 Å². The lowest BCUT2D eigenvalue weighted by Crippen LogP contribution is -2.15. The minimum atomic E-state index is -0.600. The van der Waals surface area contributed by atoms with E-state index >= 15 is 0 Å². The van der Waals surface area contributed by atoms with Gasteiger partial charge in [0, 0.05) is 6.07 Å². The van der Waals surface area contributed by atoms with Crippen LogP contribution in [-0.2, 0) is 6.42 Å². The van der Waals surface area contributed by atoms with Crippen LogP contribution in [0.4, 0.5) is 0 Å². The summed E-state index contributed by atoms with van der Waals surface area (Å²) in [5.41, 5.74) is 1.16. The van der Waals surface area contributed by atoms with Crippen LogP contribution in [0.1, 0.15) is 37.2 Å². The van der Waals surface area contributed by atoms with Crippen LogP contribution in [0, 0.1) is 13.0 Å². The van der Waals surface area contributed by atoms with Crippen molar-refractivity contribution in [3.05, 3.63) is 55.7 Å². The van der Waals surface area contributed by atoms with Gasteiger partial charge >= 0.3 is 5.63 Å². The van der Waals surface area contributed by atoms with Gasteiger partial charge in [0.2, 0.25) is 0 Å². The third kappa shape index (κ3) is 2.38. The highest BCUT2D eigenvalue weighted by atomic mass is 16.5. The van der Waals surface area contributed by atoms with E-state index in [1.165, 1.54) is 6.07 Å². The van der Waals surface area contributed by atoms with Crippen LogP contribution < -0.4 is 15.8 Å². The van der Waals surface area contributed by atoms with Crippen LogP contribution in [0.25, 0.3) is 28.0 Å². The standard InChI is InChI=1S/C20H17O5/c1-4-5-12-9-15(22)25-20-16(12)18-13(7-6-10(2)23-18)19-17(20)14(21)8-11(3)24-19/h6-8,10H,4-5H2,1-3H3. The van der Waals surface area contributed by atoms with Crippen molar-refractivity contribution in [3.8, 4) is 5.75 Å². The fraction of sp³-hybridized carbons (Fsp3) is 0.300. The monoisotopic (exact) mass is 337 g/mol. The first-order valence-corrected chi connectivity index (χ1v) is 8.34. The average Bonchev–Trinajstić information content (AvgIpc) is 2.53. The Bertz CT molecular complexity index is 1150. The molecule has 0 amide bonds. The van der Waals surface area contributed by atoms with Gasteiger partial charge in [0.05, 0.1) is 17.0 Å². The molecule has 0 spiro atoms. The summed E-state index contributed by atoms with van der Waals surface area (Å²) >= 11 is 0. The zero-order chi connectivity index (χ0) is 17.7. The van der Waals surface area contributed by atoms with E-state index in [1.807, 2.05) is 26.0 Å². The molecule has 25 heavy (non-hydrogen) atoms. The third-order valence-electron chi connectivity index (χ3n) is 4.33. The molecule has 1 aliphatic heterocycles. The van der Waals surface area contributed by atoms with Crippen LogP contribution in [0.5, 0.6) is 5.75 Å². The fourth-order valence-electron chi connectivity index (χ4n) is 3.33. The van der Waals surface area contributed by atoms with E-state index in [4.69, 9.17) is 13.6 Å². The summed E-state index contributed by atoms with van der Waals surface area (Å²) in [4.78, 5) is 24.7. The second-order valence-electron chi connectivity index (χ2n) is 6.30. The fourth-order valence-corrected chi connectivity index (χ4v) is 3.33. The summed E-state index contributed by atoms with van der Waals surface area (Å²) in [7, 11) is 0. The van der Waals surface area contributed by atoms with E-state index in [0.717, 1.165) is 6.42 Å². The first kappa shape index (κ1) is 15.7. The van der Waals surface area contributed by atoms with Crippen molar-refractivity contribution in [2.24, 2.45) is 0 Å². The lowest BCUT2D eigenvalue weighted by atomic mass is 9.97. The van der Waals surface area contributed by atoms with Gasteiger partial charge in [0.25, 0.3) is 0 Å². The molecule has 0 bridgehead atoms. The lowest BCUT2D eigenvalue weighted by Gasteiger charge is -2.22. The Morgan fingerprint density at radius 1 is 1.16 bits per heavy atom. The molecule has 127 valence electrons. The molecule has 0 fully saturated rings. The summed E-state index contributed by atoms with van der Waals surface area (Å²) in [5.74, 6) is 1.07. The summed E-state index contributed by atoms with van der Waals surface area (Å²) in [5, 5.41) is 0.905. The molecule has 1 aliphatic rings. The highest BCUT2D eigenvalue weighted by molar-refractivity contribution is 6.10. The van der Waals surface area contributed by atoms with Crippen molar-refractivity contribution in [3.63, 3.8) is 0 Å². The molecule has 1 atom stereocenters. The largest absolute Gasteiger partial charge is 0.485 e. The number of rotatable bonds is 2. The molecule has 1 unspecified atom stereocenters. The molecule has 5 nitrogen and oxygen atoms in total. The molecule has 0 N–H and O–H groups in total. The van der Waals surface area contributed by atoms with Crippen molar-refractivity contribution >= 4 is 28.0 Å². The first-order chi connectivity index (χ1) is 12.0. The molecule has 1 aromatic carbocycles. The Kier molecular flexibility index (Phi) is 3.53. The predicted octanol–water partition coefficient (Wildman–Crippen LogP) is 3.75. The number of hydrogen-bond acceptors (Lipinski definition) is 5. The zero-order valence-corrected chi connectivity index (χ0v) is 14.3. The van der Waals surface area contributed by atoms with Crippen molar-refractivity contribution in [1.29, 1.82) is 0 Å². The number of benzene rings is 1. The van der Waals surface area contributed by atoms with E-state index in [1.54, 1.807) is 6.92 Å². The third-order valence-corrected chi connectivity index (χ3v) is 4.33. The van der Waals surface area contributed by atoms with E-state index in [9.17, 15) is 9.59 Å². The zero-order valence-electron chi connectivity index (χ0n) is 14.3. The van der Waals surface area contributed by atoms with E-state index < -0.39 is 5.63 Å². The normalized spacial score (nSPS) is 16.2. The van der Waals surface area contributed by atoms with Gasteiger partial charge in [0.1, 0.15) is 23.0 Å². The maximum atomic E-state index is 12.6. The van der Waals surface area contributed by atoms with E-state index in [0.29, 0.717) is 40.0 Å². The summed E-state index contributed by atoms with van der Waals surface area (Å²) in [6, 6.07) is 4.16. The van der Waals surface area contributed by atoms with Crippen LogP contribution >= 0.6 is 0 Å². The molecule has 1 radical (unpaired) electrons. The first-order valence-electron chi connectivity index (χ1n) is 8.34. The SMILES string of the molecule is CCCc1[c]c(=O)oc2c1c1c(c3oc(C)cc(=O)c32)C=CC(C)O1. The molecule has 0 aliphatic carbocycles. The molecular weight excluding hydrogens is 320 g/mol. The second kappa shape index (κ2) is 5.62. The van der Waals surface area contributed by atoms with Crippen LogP contribution in [0.3, 0.4) is 0 Å². The Hall–Kier alpha value is -2.82. The molecule has 0 saturated carbocycles. The number of aryl methyl sites for hydroxylation is 2. The maximum absolute atomic E-state index is 12.6. The van der Waals surface area contributed by atoms with Gasteiger partial charge < -0.3 is 13.6 Å². The lowest BCUT2D eigenvalue weighted by molar-refractivity contribution is 0.269. The van der Waals surface area contributed by atoms with Crippen molar-refractivity contribution < 1.29 is 13.6 Å². The van der Waals surface area contributed by atoms with Crippen molar-refractivity contribution in [2.75, 3.05) is 0 Å². The molecule has 3 aromatic rings. The van der Waals surface area contributed by atoms with E-state index in [-0.39, 0.29) is 22.5 Å². The number of fused-ring (bicyclic) bond motifs is 6. The van der Waals surface area contributed by atoms with Gasteiger partial charge in [-0.15, -0.1) is 0 Å². The highest BCUT2D eigenvalue weighted by Gasteiger charge is 2.25. The molecule has 4 rings (SSSR count). The average molecular weight is 337 g/mol. The van der Waals surface area contributed by atoms with Gasteiger partial charge in [-0.2, -0.15) is 0 Å². The minimum Gasteiger partial charge on any atom is -0.485 e. The Morgan fingerprint density at radius 2 is 1.96 bits per heavy atom. The van der Waals surface area contributed by atoms with Crippen molar-refractivity contribution in [1.82, 2.24) is 0 Å². The summed E-state index contributed by atoms with van der Waals surface area (Å²) in [6.45, 7) is 5.65. The smallest absolute Gasteiger partial charge is 0.344 e. The molecular formula is C20H17O5. The van der Waals surface area contributed by atoms with Crippen molar-refractivity contribution in [2.45, 2.75) is 39.7 Å². The van der Waals surface area contributed by atoms with Gasteiger partial charge in [-0.3, -0.25) is 4.79 Å². The number of hydrogen-bond donors (Lipinski definition) is 0. The molecule has 3 heterocycles. The Balaban J connectivity index is 2.32. The van der Waals surface area contributed by atoms with Crippen LogP contribution in [-0.4, -0.2) is 6.10 Å². The predicted molar refractivity (Wildman–Crippen MR) is 95.2 cm³/mol. The van der Waals surface area contributed by atoms with E-state index in [2.05, 4.69) is 6.07 Å². The van der Waals surface area contributed by atoms with Gasteiger partial charge in [-0.1, -0.05) is 13.3 Å². The quantitative estimate of drug-likeness (QED) is 0.526. The second-order valence-corrected chi connectivity index (χ2v) is 6.30. The molecule has 2 aromatic heterocycles. The molecule has 5 heteroatoms. The Morgan fingerprint density at radius 3 is 2.72 bits per heavy atom. The number of ether oxygens (including phenoxy) is 1. The molecule has 0 saturated heterocycles. The van der Waals surface area contributed by atoms with Gasteiger partial charge in [-0.25, -0.2) is 4.79 Å². The maximum Gasteiger partial charge on any atom is 0.344 e. The van der Waals surface area contributed by atoms with Crippen LogP contribution in [0.15, 0.2) is 30.6 Å². The summed E-state index contributed by atoms with van der Waals surface area (Å²) < 4.78 is 17.3. The minimum absolute atomic E-state index is 0.133.